The molecule has 0 spiro atoms. The molecule has 3 N–H and O–H groups in total. The molecule has 1 aromatic carbocycles. The van der Waals surface area contributed by atoms with E-state index in [4.69, 9.17) is 4.74 Å². The van der Waals surface area contributed by atoms with E-state index >= 15 is 4.39 Å². The first-order valence-corrected chi connectivity index (χ1v) is 12.9. The van der Waals surface area contributed by atoms with Crippen molar-refractivity contribution in [2.45, 2.75) is 40.2 Å². The van der Waals surface area contributed by atoms with E-state index in [0.717, 1.165) is 44.4 Å². The molecule has 0 radical (unpaired) electrons. The fourth-order valence-corrected chi connectivity index (χ4v) is 4.98. The first-order chi connectivity index (χ1) is 18.4. The second-order valence-electron chi connectivity index (χ2n) is 9.35. The highest BCUT2D eigenvalue weighted by atomic mass is 19.1. The highest BCUT2D eigenvalue weighted by Crippen LogP contribution is 2.33. The number of hydrogen-bond donors (Lipinski definition) is 3. The summed E-state index contributed by atoms with van der Waals surface area (Å²) in [6, 6.07) is 6.53. The summed E-state index contributed by atoms with van der Waals surface area (Å²) in [7, 11) is 0. The molecule has 0 aliphatic carbocycles. The zero-order chi connectivity index (χ0) is 26.8. The van der Waals surface area contributed by atoms with E-state index in [1.165, 1.54) is 0 Å². The largest absolute Gasteiger partial charge is 0.421 e. The van der Waals surface area contributed by atoms with Gasteiger partial charge in [0.1, 0.15) is 11.6 Å². The van der Waals surface area contributed by atoms with E-state index in [2.05, 4.69) is 54.1 Å². The molecule has 1 fully saturated rings. The zero-order valence-electron chi connectivity index (χ0n) is 22.0. The van der Waals surface area contributed by atoms with Crippen molar-refractivity contribution in [3.05, 3.63) is 53.4 Å². The van der Waals surface area contributed by atoms with Crippen molar-refractivity contribution >= 4 is 34.4 Å². The van der Waals surface area contributed by atoms with E-state index in [0.29, 0.717) is 29.2 Å². The molecular weight excluding hydrogens is 490 g/mol. The van der Waals surface area contributed by atoms with Gasteiger partial charge in [0.05, 0.1) is 11.2 Å². The van der Waals surface area contributed by atoms with Gasteiger partial charge in [0.15, 0.2) is 23.2 Å². The molecule has 0 bridgehead atoms. The molecule has 1 atom stereocenters. The van der Waals surface area contributed by atoms with Crippen LogP contribution in [0, 0.1) is 18.6 Å². The number of aryl methyl sites for hydroxylation is 1. The van der Waals surface area contributed by atoms with Crippen molar-refractivity contribution in [3.8, 4) is 11.8 Å². The number of hydrogen-bond acceptors (Lipinski definition) is 7. The van der Waals surface area contributed by atoms with Crippen LogP contribution in [0.5, 0.6) is 11.8 Å². The van der Waals surface area contributed by atoms with Gasteiger partial charge in [-0.15, -0.1) is 0 Å². The van der Waals surface area contributed by atoms with Crippen LogP contribution in [0.4, 0.5) is 26.2 Å². The lowest BCUT2D eigenvalue weighted by Gasteiger charge is -2.26. The summed E-state index contributed by atoms with van der Waals surface area (Å²) in [6.45, 7) is 11.5. The lowest BCUT2D eigenvalue weighted by atomic mass is 10.2. The Kier molecular flexibility index (Phi) is 7.28. The Hall–Kier alpha value is -3.99. The maximum Gasteiger partial charge on any atom is 0.326 e. The van der Waals surface area contributed by atoms with Gasteiger partial charge >= 0.3 is 6.01 Å². The third-order valence-corrected chi connectivity index (χ3v) is 6.81. The third-order valence-electron chi connectivity index (χ3n) is 6.81. The number of allylic oxidation sites excluding steroid dienone is 1. The van der Waals surface area contributed by atoms with Crippen LogP contribution in [0.2, 0.25) is 0 Å². The van der Waals surface area contributed by atoms with E-state index in [1.54, 1.807) is 13.0 Å². The Morgan fingerprint density at radius 1 is 1.16 bits per heavy atom. The normalized spacial score (nSPS) is 15.9. The van der Waals surface area contributed by atoms with Gasteiger partial charge in [0.2, 0.25) is 0 Å². The van der Waals surface area contributed by atoms with Gasteiger partial charge in [-0.05, 0) is 45.5 Å². The number of aromatic nitrogens is 5. The number of nitrogens with one attached hydrogen (secondary N) is 3. The molecule has 200 valence electrons. The number of likely N-dealkylation sites (N-methyl/N-ethyl adjacent to an activating group) is 1. The lowest BCUT2D eigenvalue weighted by molar-refractivity contribution is 0.232. The number of halogens is 2. The van der Waals surface area contributed by atoms with Gasteiger partial charge in [-0.25, -0.2) is 8.78 Å². The fraction of sp³-hybridized carbons (Fsp3) is 0.370. The van der Waals surface area contributed by atoms with Gasteiger partial charge in [-0.1, -0.05) is 19.9 Å². The van der Waals surface area contributed by atoms with E-state index < -0.39 is 11.6 Å². The minimum atomic E-state index is -0.680. The van der Waals surface area contributed by atoms with E-state index in [1.807, 2.05) is 31.2 Å². The zero-order valence-corrected chi connectivity index (χ0v) is 22.0. The van der Waals surface area contributed by atoms with Crippen LogP contribution in [0.25, 0.3) is 17.0 Å². The van der Waals surface area contributed by atoms with Gasteiger partial charge in [-0.2, -0.15) is 15.1 Å². The number of fused-ring (bicyclic) bond motifs is 1. The number of aromatic amines is 2. The highest BCUT2D eigenvalue weighted by Gasteiger charge is 2.28. The summed E-state index contributed by atoms with van der Waals surface area (Å²) in [5.41, 5.74) is 1.57. The number of H-pyrrole nitrogens is 2. The lowest BCUT2D eigenvalue weighted by Crippen LogP contribution is -2.37. The monoisotopic (exact) mass is 522 g/mol. The predicted molar refractivity (Wildman–Crippen MR) is 145 cm³/mol. The summed E-state index contributed by atoms with van der Waals surface area (Å²) < 4.78 is 35.8. The van der Waals surface area contributed by atoms with Crippen molar-refractivity contribution in [3.63, 3.8) is 0 Å². The van der Waals surface area contributed by atoms with Crippen LogP contribution >= 0.6 is 0 Å². The second kappa shape index (κ2) is 10.8. The summed E-state index contributed by atoms with van der Waals surface area (Å²) in [5, 5.41) is 10.5. The van der Waals surface area contributed by atoms with Crippen molar-refractivity contribution < 1.29 is 13.5 Å². The minimum Gasteiger partial charge on any atom is -0.421 e. The van der Waals surface area contributed by atoms with Crippen molar-refractivity contribution in [1.82, 2.24) is 30.0 Å². The maximum absolute atomic E-state index is 15.3. The maximum atomic E-state index is 15.3. The predicted octanol–water partition coefficient (Wildman–Crippen LogP) is 5.76. The number of anilines is 3. The van der Waals surface area contributed by atoms with Crippen LogP contribution in [0.3, 0.4) is 0 Å². The Balaban J connectivity index is 1.49. The number of rotatable bonds is 9. The van der Waals surface area contributed by atoms with Gasteiger partial charge < -0.3 is 19.9 Å². The first-order valence-electron chi connectivity index (χ1n) is 12.9. The number of benzene rings is 1. The third kappa shape index (κ3) is 5.19. The second-order valence-corrected chi connectivity index (χ2v) is 9.35. The van der Waals surface area contributed by atoms with Crippen molar-refractivity contribution in [2.24, 2.45) is 0 Å². The van der Waals surface area contributed by atoms with Crippen LogP contribution < -0.4 is 15.0 Å². The van der Waals surface area contributed by atoms with Crippen LogP contribution in [0.15, 0.2) is 30.3 Å². The van der Waals surface area contributed by atoms with Crippen LogP contribution in [-0.2, 0) is 0 Å². The van der Waals surface area contributed by atoms with Crippen LogP contribution in [0.1, 0.15) is 38.6 Å². The number of ether oxygens (including phenoxy) is 1. The average Bonchev–Trinajstić information content (AvgIpc) is 3.64. The summed E-state index contributed by atoms with van der Waals surface area (Å²) in [4.78, 5) is 16.5. The smallest absolute Gasteiger partial charge is 0.326 e. The summed E-state index contributed by atoms with van der Waals surface area (Å²) >= 11 is 0. The molecule has 9 nitrogen and oxygen atoms in total. The molecule has 1 aliphatic heterocycles. The molecule has 3 aromatic heterocycles. The molecule has 5 rings (SSSR count). The van der Waals surface area contributed by atoms with E-state index in [9.17, 15) is 4.39 Å². The first kappa shape index (κ1) is 25.7. The molecule has 1 aliphatic rings. The molecule has 4 heterocycles. The standard InChI is InChI=1S/C27H32F2N8O/c1-5-8-17-12-23(35-34-17)31-22-14-24(37-10-9-18(15-37)36(6-2)7-3)33-27(32-22)38-21-13-20(28)26-19(25(21)29)11-16(4)30-26/h5,8,11-14,18,30H,6-7,9-10,15H2,1-4H3,(H2,31,32,33,34,35)/b8-5+. The number of nitrogens with zero attached hydrogens (tertiary/aromatic N) is 5. The highest BCUT2D eigenvalue weighted by molar-refractivity contribution is 5.83. The van der Waals surface area contributed by atoms with Gasteiger partial charge in [-0.3, -0.25) is 10.00 Å². The Morgan fingerprint density at radius 3 is 2.74 bits per heavy atom. The molecular formula is C27H32F2N8O. The SMILES string of the molecule is C/C=C/c1cc(Nc2cc(N3CCC(N(CC)CC)C3)nc(Oc3cc(F)c4[nH]c(C)cc4c3F)n2)n[nH]1. The molecule has 38 heavy (non-hydrogen) atoms. The fourth-order valence-electron chi connectivity index (χ4n) is 4.98. The molecule has 11 heteroatoms. The quantitative estimate of drug-likeness (QED) is 0.257. The van der Waals surface area contributed by atoms with Gasteiger partial charge in [0, 0.05) is 48.4 Å². The summed E-state index contributed by atoms with van der Waals surface area (Å²) in [5.74, 6) is 0.0336. The van der Waals surface area contributed by atoms with E-state index in [-0.39, 0.29) is 22.7 Å². The van der Waals surface area contributed by atoms with Gasteiger partial charge in [0.25, 0.3) is 0 Å². The topological polar surface area (TPSA) is 98.0 Å². The Labute approximate surface area is 219 Å². The minimum absolute atomic E-state index is 0.0922. The van der Waals surface area contributed by atoms with Crippen molar-refractivity contribution in [2.75, 3.05) is 36.4 Å². The van der Waals surface area contributed by atoms with Crippen molar-refractivity contribution in [1.29, 1.82) is 0 Å². The molecule has 1 saturated heterocycles. The Bertz CT molecular complexity index is 1460. The molecule has 0 saturated carbocycles. The average molecular weight is 523 g/mol. The Morgan fingerprint density at radius 2 is 1.97 bits per heavy atom. The van der Waals surface area contributed by atoms with Crippen LogP contribution in [-0.4, -0.2) is 62.3 Å². The molecule has 4 aromatic rings. The molecule has 1 unspecified atom stereocenters. The summed E-state index contributed by atoms with van der Waals surface area (Å²) in [6.07, 6.45) is 4.80. The molecule has 0 amide bonds.